The molecule has 0 aliphatic carbocycles. The Kier molecular flexibility index (Phi) is 3.52. The minimum atomic E-state index is -0.873. The summed E-state index contributed by atoms with van der Waals surface area (Å²) >= 11 is 0. The molecule has 3 nitrogen and oxygen atoms in total. The molecule has 0 amide bonds. The van der Waals surface area contributed by atoms with Crippen molar-refractivity contribution in [2.75, 3.05) is 14.2 Å². The highest BCUT2D eigenvalue weighted by Crippen LogP contribution is 2.28. The Hall–Kier alpha value is -1.58. The monoisotopic (exact) mass is 226 g/mol. The second-order valence-electron chi connectivity index (χ2n) is 3.97. The number of carbonyl (C=O) groups is 1. The van der Waals surface area contributed by atoms with Crippen LogP contribution in [0, 0.1) is 5.82 Å². The molecule has 0 heterocycles. The molecule has 88 valence electrons. The summed E-state index contributed by atoms with van der Waals surface area (Å²) in [6, 6.07) is 4.43. The summed E-state index contributed by atoms with van der Waals surface area (Å²) in [6.45, 7) is 3.36. The van der Waals surface area contributed by atoms with Gasteiger partial charge in [-0.05, 0) is 31.5 Å². The molecule has 4 heteroatoms. The van der Waals surface area contributed by atoms with E-state index in [-0.39, 0.29) is 5.75 Å². The van der Waals surface area contributed by atoms with E-state index in [1.165, 1.54) is 26.4 Å². The number of ether oxygens (including phenoxy) is 2. The van der Waals surface area contributed by atoms with Gasteiger partial charge in [0, 0.05) is 0 Å². The lowest BCUT2D eigenvalue weighted by Gasteiger charge is -2.22. The van der Waals surface area contributed by atoms with Crippen LogP contribution < -0.4 is 4.74 Å². The molecule has 0 saturated carbocycles. The third-order valence-electron chi connectivity index (χ3n) is 2.57. The van der Waals surface area contributed by atoms with Crippen molar-refractivity contribution in [2.24, 2.45) is 0 Å². The number of halogens is 1. The van der Waals surface area contributed by atoms with E-state index >= 15 is 0 Å². The summed E-state index contributed by atoms with van der Waals surface area (Å²) in [5.74, 6) is -0.738. The van der Waals surface area contributed by atoms with E-state index in [9.17, 15) is 9.18 Å². The first-order valence-electron chi connectivity index (χ1n) is 4.86. The predicted molar refractivity (Wildman–Crippen MR) is 58.0 cm³/mol. The third-order valence-corrected chi connectivity index (χ3v) is 2.57. The normalized spacial score (nSPS) is 11.1. The molecule has 0 spiro atoms. The van der Waals surface area contributed by atoms with Crippen molar-refractivity contribution < 1.29 is 18.7 Å². The number of methoxy groups -OCH3 is 2. The maximum atomic E-state index is 13.5. The van der Waals surface area contributed by atoms with Gasteiger partial charge in [-0.25, -0.2) is 4.39 Å². The van der Waals surface area contributed by atoms with E-state index in [2.05, 4.69) is 4.74 Å². The van der Waals surface area contributed by atoms with Crippen LogP contribution in [0.5, 0.6) is 5.75 Å². The molecule has 0 saturated heterocycles. The van der Waals surface area contributed by atoms with Crippen molar-refractivity contribution in [1.29, 1.82) is 0 Å². The maximum Gasteiger partial charge on any atom is 0.315 e. The Labute approximate surface area is 94.2 Å². The summed E-state index contributed by atoms with van der Waals surface area (Å²) in [5, 5.41) is 0. The van der Waals surface area contributed by atoms with Gasteiger partial charge in [0.05, 0.1) is 19.6 Å². The smallest absolute Gasteiger partial charge is 0.315 e. The fraction of sp³-hybridized carbons (Fsp3) is 0.417. The van der Waals surface area contributed by atoms with Gasteiger partial charge in [-0.3, -0.25) is 4.79 Å². The Morgan fingerprint density at radius 3 is 2.38 bits per heavy atom. The lowest BCUT2D eigenvalue weighted by molar-refractivity contribution is -0.146. The Morgan fingerprint density at radius 1 is 1.31 bits per heavy atom. The molecule has 0 bridgehead atoms. The molecule has 1 aromatic rings. The maximum absolute atomic E-state index is 13.5. The summed E-state index contributed by atoms with van der Waals surface area (Å²) < 4.78 is 23.0. The largest absolute Gasteiger partial charge is 0.494 e. The number of carbonyl (C=O) groups excluding carboxylic acids is 1. The molecule has 0 aliphatic rings. The molecule has 1 aromatic carbocycles. The van der Waals surface area contributed by atoms with Crippen molar-refractivity contribution in [2.45, 2.75) is 19.3 Å². The van der Waals surface area contributed by atoms with Gasteiger partial charge in [0.15, 0.2) is 11.6 Å². The fourth-order valence-corrected chi connectivity index (χ4v) is 1.43. The number of benzene rings is 1. The summed E-state index contributed by atoms with van der Waals surface area (Å²) in [5.41, 5.74) is -0.320. The standard InChI is InChI=1S/C12H15FO3/c1-12(2,11(14)16-4)8-5-6-10(15-3)9(13)7-8/h5-7H,1-4H3. The molecular weight excluding hydrogens is 211 g/mol. The molecular formula is C12H15FO3. The van der Waals surface area contributed by atoms with Crippen LogP contribution in [0.1, 0.15) is 19.4 Å². The van der Waals surface area contributed by atoms with E-state index in [1.54, 1.807) is 19.9 Å². The van der Waals surface area contributed by atoms with Gasteiger partial charge >= 0.3 is 5.97 Å². The lowest BCUT2D eigenvalue weighted by Crippen LogP contribution is -2.30. The van der Waals surface area contributed by atoms with Gasteiger partial charge in [-0.2, -0.15) is 0 Å². The van der Waals surface area contributed by atoms with Crippen LogP contribution >= 0.6 is 0 Å². The van der Waals surface area contributed by atoms with E-state index in [0.29, 0.717) is 5.56 Å². The first-order valence-corrected chi connectivity index (χ1v) is 4.86. The van der Waals surface area contributed by atoms with E-state index in [4.69, 9.17) is 4.74 Å². The van der Waals surface area contributed by atoms with Crippen molar-refractivity contribution in [1.82, 2.24) is 0 Å². The van der Waals surface area contributed by atoms with E-state index in [1.807, 2.05) is 0 Å². The minimum Gasteiger partial charge on any atom is -0.494 e. The molecule has 0 aromatic heterocycles. The van der Waals surface area contributed by atoms with Crippen molar-refractivity contribution in [3.8, 4) is 5.75 Å². The van der Waals surface area contributed by atoms with Crippen molar-refractivity contribution >= 4 is 5.97 Å². The number of rotatable bonds is 3. The van der Waals surface area contributed by atoms with Crippen LogP contribution in [0.3, 0.4) is 0 Å². The second kappa shape index (κ2) is 4.51. The molecule has 1 rings (SSSR count). The van der Waals surface area contributed by atoms with Crippen LogP contribution in [0.25, 0.3) is 0 Å². The first-order chi connectivity index (χ1) is 7.43. The molecule has 0 unspecified atom stereocenters. The van der Waals surface area contributed by atoms with Gasteiger partial charge in [0.2, 0.25) is 0 Å². The summed E-state index contributed by atoms with van der Waals surface area (Å²) in [4.78, 5) is 11.5. The molecule has 0 N–H and O–H groups in total. The summed E-state index contributed by atoms with van der Waals surface area (Å²) in [6.07, 6.45) is 0. The molecule has 0 atom stereocenters. The highest BCUT2D eigenvalue weighted by molar-refractivity contribution is 5.82. The fourth-order valence-electron chi connectivity index (χ4n) is 1.43. The topological polar surface area (TPSA) is 35.5 Å². The lowest BCUT2D eigenvalue weighted by atomic mass is 9.84. The van der Waals surface area contributed by atoms with E-state index in [0.717, 1.165) is 0 Å². The predicted octanol–water partition coefficient (Wildman–Crippen LogP) is 2.28. The quantitative estimate of drug-likeness (QED) is 0.742. The molecule has 0 radical (unpaired) electrons. The molecule has 0 aliphatic heterocycles. The average molecular weight is 226 g/mol. The molecule has 16 heavy (non-hydrogen) atoms. The molecule has 0 fully saturated rings. The van der Waals surface area contributed by atoms with Crippen molar-refractivity contribution in [3.63, 3.8) is 0 Å². The Bertz CT molecular complexity index is 399. The average Bonchev–Trinajstić information content (AvgIpc) is 2.27. The number of hydrogen-bond donors (Lipinski definition) is 0. The third kappa shape index (κ3) is 2.15. The zero-order chi connectivity index (χ0) is 12.3. The summed E-state index contributed by atoms with van der Waals surface area (Å²) in [7, 11) is 2.70. The highest BCUT2D eigenvalue weighted by Gasteiger charge is 2.31. The van der Waals surface area contributed by atoms with Crippen LogP contribution in [0.15, 0.2) is 18.2 Å². The number of esters is 1. The van der Waals surface area contributed by atoms with Crippen LogP contribution in [0.2, 0.25) is 0 Å². The Balaban J connectivity index is 3.14. The zero-order valence-corrected chi connectivity index (χ0v) is 9.83. The second-order valence-corrected chi connectivity index (χ2v) is 3.97. The zero-order valence-electron chi connectivity index (χ0n) is 9.83. The van der Waals surface area contributed by atoms with E-state index < -0.39 is 17.2 Å². The minimum absolute atomic E-state index is 0.157. The van der Waals surface area contributed by atoms with Gasteiger partial charge < -0.3 is 9.47 Å². The SMILES string of the molecule is COC(=O)C(C)(C)c1ccc(OC)c(F)c1. The van der Waals surface area contributed by atoms with Crippen molar-refractivity contribution in [3.05, 3.63) is 29.6 Å². The highest BCUT2D eigenvalue weighted by atomic mass is 19.1. The first kappa shape index (κ1) is 12.5. The van der Waals surface area contributed by atoms with Gasteiger partial charge in [0.1, 0.15) is 0 Å². The van der Waals surface area contributed by atoms with Gasteiger partial charge in [-0.1, -0.05) is 6.07 Å². The number of hydrogen-bond acceptors (Lipinski definition) is 3. The van der Waals surface area contributed by atoms with Crippen LogP contribution in [-0.2, 0) is 14.9 Å². The van der Waals surface area contributed by atoms with Gasteiger partial charge in [-0.15, -0.1) is 0 Å². The van der Waals surface area contributed by atoms with Gasteiger partial charge in [0.25, 0.3) is 0 Å². The van der Waals surface area contributed by atoms with Crippen LogP contribution in [-0.4, -0.2) is 20.2 Å². The van der Waals surface area contributed by atoms with Crippen LogP contribution in [0.4, 0.5) is 4.39 Å². The Morgan fingerprint density at radius 2 is 1.94 bits per heavy atom.